The van der Waals surface area contributed by atoms with Crippen molar-refractivity contribution < 1.29 is 4.79 Å². The van der Waals surface area contributed by atoms with E-state index in [2.05, 4.69) is 51.2 Å². The number of thioether (sulfide) groups is 1. The fourth-order valence-corrected chi connectivity index (χ4v) is 4.48. The van der Waals surface area contributed by atoms with Gasteiger partial charge >= 0.3 is 0 Å². The van der Waals surface area contributed by atoms with E-state index in [-0.39, 0.29) is 5.91 Å². The van der Waals surface area contributed by atoms with Crippen molar-refractivity contribution in [3.8, 4) is 11.3 Å². The minimum Gasteiger partial charge on any atom is -0.317 e. The number of piperidine rings is 1. The van der Waals surface area contributed by atoms with Gasteiger partial charge in [0.25, 0.3) is 5.91 Å². The number of carbonyl (C=O) groups is 1. The third-order valence-corrected chi connectivity index (χ3v) is 6.41. The number of thiazole rings is 1. The highest BCUT2D eigenvalue weighted by Gasteiger charge is 2.42. The van der Waals surface area contributed by atoms with Gasteiger partial charge in [0.2, 0.25) is 0 Å². The average molecular weight is 400 g/mol. The first-order chi connectivity index (χ1) is 13.2. The van der Waals surface area contributed by atoms with Crippen LogP contribution in [0.5, 0.6) is 0 Å². The van der Waals surface area contributed by atoms with E-state index in [0.717, 1.165) is 24.3 Å². The first-order valence-electron chi connectivity index (χ1n) is 8.83. The molecule has 0 saturated carbocycles. The standard InChI is InChI=1S/C19H21N5OS2/c1-26-15-5-3-14(4-6-15)16-13-27-18(22-16)23-17(25)19(7-10-20-11-8-19)24-12-2-9-21-24/h2-6,9,12-13,20H,7-8,10-11H2,1H3,(H,22,23,25). The summed E-state index contributed by atoms with van der Waals surface area (Å²) in [6, 6.07) is 10.1. The van der Waals surface area contributed by atoms with Crippen molar-refractivity contribution in [1.29, 1.82) is 0 Å². The Kier molecular flexibility index (Phi) is 5.29. The van der Waals surface area contributed by atoms with E-state index in [9.17, 15) is 4.79 Å². The van der Waals surface area contributed by atoms with Crippen LogP contribution in [0.2, 0.25) is 0 Å². The molecule has 1 saturated heterocycles. The summed E-state index contributed by atoms with van der Waals surface area (Å²) in [4.78, 5) is 19.0. The van der Waals surface area contributed by atoms with E-state index >= 15 is 0 Å². The summed E-state index contributed by atoms with van der Waals surface area (Å²) in [6.45, 7) is 1.58. The third kappa shape index (κ3) is 3.65. The van der Waals surface area contributed by atoms with Gasteiger partial charge in [-0.1, -0.05) is 12.1 Å². The SMILES string of the molecule is CSc1ccc(-c2csc(NC(=O)C3(n4cccn4)CCNCC3)n2)cc1. The van der Waals surface area contributed by atoms with Crippen LogP contribution in [0.15, 0.2) is 53.0 Å². The second-order valence-electron chi connectivity index (χ2n) is 6.45. The van der Waals surface area contributed by atoms with Crippen molar-refractivity contribution in [3.63, 3.8) is 0 Å². The molecule has 140 valence electrons. The Bertz CT molecular complexity index is 899. The lowest BCUT2D eigenvalue weighted by Crippen LogP contribution is -2.52. The van der Waals surface area contributed by atoms with E-state index in [0.29, 0.717) is 18.0 Å². The molecule has 1 fully saturated rings. The molecule has 2 aromatic heterocycles. The monoisotopic (exact) mass is 399 g/mol. The number of anilines is 1. The van der Waals surface area contributed by atoms with Gasteiger partial charge in [-0.2, -0.15) is 5.10 Å². The molecular formula is C19H21N5OS2. The lowest BCUT2D eigenvalue weighted by Gasteiger charge is -2.36. The minimum absolute atomic E-state index is 0.0497. The van der Waals surface area contributed by atoms with Gasteiger partial charge in [0.05, 0.1) is 5.69 Å². The number of amides is 1. The molecule has 1 amide bonds. The number of hydrogen-bond donors (Lipinski definition) is 2. The zero-order valence-electron chi connectivity index (χ0n) is 15.0. The maximum Gasteiger partial charge on any atom is 0.254 e. The Morgan fingerprint density at radius 1 is 1.30 bits per heavy atom. The van der Waals surface area contributed by atoms with Gasteiger partial charge in [-0.3, -0.25) is 14.8 Å². The maximum absolute atomic E-state index is 13.2. The Morgan fingerprint density at radius 3 is 2.74 bits per heavy atom. The number of aromatic nitrogens is 3. The van der Waals surface area contributed by atoms with Gasteiger partial charge < -0.3 is 5.32 Å². The van der Waals surface area contributed by atoms with Crippen LogP contribution in [0, 0.1) is 0 Å². The highest BCUT2D eigenvalue weighted by molar-refractivity contribution is 7.98. The Balaban J connectivity index is 1.54. The van der Waals surface area contributed by atoms with Gasteiger partial charge in [-0.15, -0.1) is 23.1 Å². The summed E-state index contributed by atoms with van der Waals surface area (Å²) in [5.74, 6) is -0.0497. The van der Waals surface area contributed by atoms with Crippen LogP contribution in [0.25, 0.3) is 11.3 Å². The molecule has 4 rings (SSSR count). The zero-order valence-corrected chi connectivity index (χ0v) is 16.6. The van der Waals surface area contributed by atoms with Crippen molar-refractivity contribution in [1.82, 2.24) is 20.1 Å². The van der Waals surface area contributed by atoms with Crippen LogP contribution in [-0.4, -0.2) is 40.0 Å². The molecular weight excluding hydrogens is 378 g/mol. The van der Waals surface area contributed by atoms with E-state index in [1.165, 1.54) is 16.2 Å². The lowest BCUT2D eigenvalue weighted by atomic mass is 9.87. The van der Waals surface area contributed by atoms with E-state index in [4.69, 9.17) is 0 Å². The van der Waals surface area contributed by atoms with E-state index in [1.807, 2.05) is 17.6 Å². The van der Waals surface area contributed by atoms with Gasteiger partial charge in [-0.05, 0) is 50.4 Å². The third-order valence-electron chi connectivity index (χ3n) is 4.91. The number of benzene rings is 1. The summed E-state index contributed by atoms with van der Waals surface area (Å²) >= 11 is 3.16. The van der Waals surface area contributed by atoms with Crippen LogP contribution < -0.4 is 10.6 Å². The molecule has 3 heterocycles. The molecule has 0 unspecified atom stereocenters. The molecule has 2 N–H and O–H groups in total. The summed E-state index contributed by atoms with van der Waals surface area (Å²) in [7, 11) is 0. The second-order valence-corrected chi connectivity index (χ2v) is 8.19. The summed E-state index contributed by atoms with van der Waals surface area (Å²) in [6.07, 6.45) is 7.05. The highest BCUT2D eigenvalue weighted by Crippen LogP contribution is 2.31. The molecule has 3 aromatic rings. The predicted octanol–water partition coefficient (Wildman–Crippen LogP) is 3.45. The number of nitrogens with one attached hydrogen (secondary N) is 2. The smallest absolute Gasteiger partial charge is 0.254 e. The summed E-state index contributed by atoms with van der Waals surface area (Å²) in [5, 5.41) is 13.3. The molecule has 1 aliphatic rings. The van der Waals surface area contributed by atoms with Crippen LogP contribution in [0.4, 0.5) is 5.13 Å². The fraction of sp³-hybridized carbons (Fsp3) is 0.316. The van der Waals surface area contributed by atoms with Crippen molar-refractivity contribution in [3.05, 3.63) is 48.1 Å². The maximum atomic E-state index is 13.2. The van der Waals surface area contributed by atoms with Crippen LogP contribution in [-0.2, 0) is 10.3 Å². The molecule has 27 heavy (non-hydrogen) atoms. The second kappa shape index (κ2) is 7.84. The van der Waals surface area contributed by atoms with Crippen molar-refractivity contribution in [2.24, 2.45) is 0 Å². The minimum atomic E-state index is -0.666. The van der Waals surface area contributed by atoms with Gasteiger partial charge in [-0.25, -0.2) is 4.98 Å². The van der Waals surface area contributed by atoms with Gasteiger partial charge in [0, 0.05) is 28.2 Å². The molecule has 0 spiro atoms. The zero-order chi connectivity index (χ0) is 18.7. The molecule has 0 atom stereocenters. The number of hydrogen-bond acceptors (Lipinski definition) is 6. The first kappa shape index (κ1) is 18.2. The summed E-state index contributed by atoms with van der Waals surface area (Å²) in [5.41, 5.74) is 1.26. The quantitative estimate of drug-likeness (QED) is 0.643. The first-order valence-corrected chi connectivity index (χ1v) is 10.9. The van der Waals surface area contributed by atoms with Crippen LogP contribution >= 0.6 is 23.1 Å². The Labute approximate surface area is 166 Å². The van der Waals surface area contributed by atoms with Crippen LogP contribution in [0.3, 0.4) is 0 Å². The number of rotatable bonds is 5. The fourth-order valence-electron chi connectivity index (χ4n) is 3.36. The predicted molar refractivity (Wildman–Crippen MR) is 110 cm³/mol. The van der Waals surface area contributed by atoms with E-state index < -0.39 is 5.54 Å². The number of nitrogens with zero attached hydrogens (tertiary/aromatic N) is 3. The molecule has 1 aliphatic heterocycles. The molecule has 0 bridgehead atoms. The van der Waals surface area contributed by atoms with Crippen molar-refractivity contribution in [2.75, 3.05) is 24.7 Å². The van der Waals surface area contributed by atoms with Crippen molar-refractivity contribution >= 4 is 34.1 Å². The van der Waals surface area contributed by atoms with Crippen molar-refractivity contribution in [2.45, 2.75) is 23.3 Å². The molecule has 6 nitrogen and oxygen atoms in total. The van der Waals surface area contributed by atoms with Crippen LogP contribution in [0.1, 0.15) is 12.8 Å². The highest BCUT2D eigenvalue weighted by atomic mass is 32.2. The normalized spacial score (nSPS) is 16.2. The van der Waals surface area contributed by atoms with E-state index in [1.54, 1.807) is 22.6 Å². The number of carbonyl (C=O) groups excluding carboxylic acids is 1. The summed E-state index contributed by atoms with van der Waals surface area (Å²) < 4.78 is 1.79. The lowest BCUT2D eigenvalue weighted by molar-refractivity contribution is -0.126. The molecule has 8 heteroatoms. The average Bonchev–Trinajstić information content (AvgIpc) is 3.41. The topological polar surface area (TPSA) is 71.8 Å². The molecule has 0 aliphatic carbocycles. The Morgan fingerprint density at radius 2 is 2.07 bits per heavy atom. The van der Waals surface area contributed by atoms with Gasteiger partial charge in [0.15, 0.2) is 5.13 Å². The molecule has 0 radical (unpaired) electrons. The Hall–Kier alpha value is -2.16. The van der Waals surface area contributed by atoms with Gasteiger partial charge in [0.1, 0.15) is 5.54 Å². The molecule has 1 aromatic carbocycles. The largest absolute Gasteiger partial charge is 0.317 e.